The zero-order valence-corrected chi connectivity index (χ0v) is 10.7. The van der Waals surface area contributed by atoms with E-state index in [1.807, 2.05) is 6.92 Å². The third-order valence-corrected chi connectivity index (χ3v) is 3.21. The van der Waals surface area contributed by atoms with Gasteiger partial charge in [-0.1, -0.05) is 6.07 Å². The normalized spacial score (nSPS) is 11.2. The van der Waals surface area contributed by atoms with Crippen LogP contribution < -0.4 is 10.5 Å². The van der Waals surface area contributed by atoms with Crippen molar-refractivity contribution in [1.82, 2.24) is 0 Å². The number of nitro groups is 1. The van der Waals surface area contributed by atoms with Crippen LogP contribution >= 0.6 is 0 Å². The van der Waals surface area contributed by atoms with Crippen molar-refractivity contribution in [2.45, 2.75) is 13.3 Å². The summed E-state index contributed by atoms with van der Waals surface area (Å²) in [5.74, 6) is -0.117. The van der Waals surface area contributed by atoms with Crippen LogP contribution in [0.1, 0.15) is 12.0 Å². The van der Waals surface area contributed by atoms with Gasteiger partial charge in [-0.25, -0.2) is 13.6 Å². The Hall–Kier alpha value is -1.67. The van der Waals surface area contributed by atoms with E-state index in [-0.39, 0.29) is 11.4 Å². The minimum absolute atomic E-state index is 0.00505. The molecule has 3 N–H and O–H groups in total. The molecule has 0 fully saturated rings. The summed E-state index contributed by atoms with van der Waals surface area (Å²) in [7, 11) is -3.46. The van der Waals surface area contributed by atoms with Gasteiger partial charge in [-0.2, -0.15) is 0 Å². The number of non-ortho nitro benzene ring substituents is 1. The van der Waals surface area contributed by atoms with Crippen LogP contribution in [0.25, 0.3) is 0 Å². The number of rotatable bonds is 6. The van der Waals surface area contributed by atoms with Crippen LogP contribution in [0.2, 0.25) is 0 Å². The largest absolute Gasteiger partial charge is 0.385 e. The number of sulfonamides is 1. The van der Waals surface area contributed by atoms with Gasteiger partial charge in [-0.3, -0.25) is 10.1 Å². The fourth-order valence-electron chi connectivity index (χ4n) is 1.41. The van der Waals surface area contributed by atoms with Crippen LogP contribution in [0.15, 0.2) is 18.2 Å². The highest BCUT2D eigenvalue weighted by atomic mass is 32.2. The monoisotopic (exact) mass is 273 g/mol. The maximum Gasteiger partial charge on any atom is 0.271 e. The van der Waals surface area contributed by atoms with Gasteiger partial charge < -0.3 is 5.32 Å². The fraction of sp³-hybridized carbons (Fsp3) is 0.400. The van der Waals surface area contributed by atoms with E-state index >= 15 is 0 Å². The van der Waals surface area contributed by atoms with Crippen molar-refractivity contribution in [2.24, 2.45) is 5.14 Å². The molecular formula is C10H15N3O4S. The average molecular weight is 273 g/mol. The second-order valence-electron chi connectivity index (χ2n) is 3.90. The Bertz CT molecular complexity index is 542. The van der Waals surface area contributed by atoms with E-state index < -0.39 is 14.9 Å². The number of hydrogen-bond donors (Lipinski definition) is 2. The van der Waals surface area contributed by atoms with Crippen LogP contribution in [0.4, 0.5) is 11.4 Å². The molecule has 0 saturated heterocycles. The molecule has 0 spiro atoms. The summed E-state index contributed by atoms with van der Waals surface area (Å²) in [6, 6.07) is 4.48. The van der Waals surface area contributed by atoms with Crippen LogP contribution in [-0.2, 0) is 10.0 Å². The van der Waals surface area contributed by atoms with E-state index in [9.17, 15) is 18.5 Å². The molecular weight excluding hydrogens is 258 g/mol. The molecule has 7 nitrogen and oxygen atoms in total. The SMILES string of the molecule is Cc1ccc([N+](=O)[O-])cc1NCCCS(N)(=O)=O. The predicted molar refractivity (Wildman–Crippen MR) is 68.9 cm³/mol. The molecule has 0 radical (unpaired) electrons. The molecule has 1 aromatic carbocycles. The van der Waals surface area contributed by atoms with Crippen LogP contribution in [0.5, 0.6) is 0 Å². The van der Waals surface area contributed by atoms with E-state index in [0.29, 0.717) is 18.7 Å². The van der Waals surface area contributed by atoms with Gasteiger partial charge >= 0.3 is 0 Å². The van der Waals surface area contributed by atoms with Gasteiger partial charge in [-0.15, -0.1) is 0 Å². The van der Waals surface area contributed by atoms with Gasteiger partial charge in [0, 0.05) is 24.4 Å². The van der Waals surface area contributed by atoms with E-state index in [1.165, 1.54) is 12.1 Å². The Balaban J connectivity index is 2.61. The second kappa shape index (κ2) is 5.78. The number of nitrogens with two attached hydrogens (primary N) is 1. The van der Waals surface area contributed by atoms with Crippen molar-refractivity contribution in [3.8, 4) is 0 Å². The fourth-order valence-corrected chi connectivity index (χ4v) is 1.96. The summed E-state index contributed by atoms with van der Waals surface area (Å²) in [6.45, 7) is 2.20. The van der Waals surface area contributed by atoms with E-state index in [2.05, 4.69) is 5.32 Å². The zero-order chi connectivity index (χ0) is 13.8. The van der Waals surface area contributed by atoms with E-state index in [0.717, 1.165) is 5.56 Å². The Labute approximate surface area is 105 Å². The number of primary sulfonamides is 1. The first kappa shape index (κ1) is 14.4. The van der Waals surface area contributed by atoms with Gasteiger partial charge in [0.2, 0.25) is 10.0 Å². The third-order valence-electron chi connectivity index (χ3n) is 2.35. The highest BCUT2D eigenvalue weighted by Crippen LogP contribution is 2.21. The summed E-state index contributed by atoms with van der Waals surface area (Å²) in [5, 5.41) is 18.4. The molecule has 0 aliphatic rings. The van der Waals surface area contributed by atoms with Crippen LogP contribution in [0, 0.1) is 17.0 Å². The second-order valence-corrected chi connectivity index (χ2v) is 5.64. The molecule has 0 amide bonds. The molecule has 100 valence electrons. The Kier molecular flexibility index (Phi) is 4.62. The summed E-state index contributed by atoms with van der Waals surface area (Å²) in [6.07, 6.45) is 0.348. The number of nitro benzene ring substituents is 1. The number of benzene rings is 1. The molecule has 0 saturated carbocycles. The van der Waals surface area contributed by atoms with Crippen molar-refractivity contribution in [2.75, 3.05) is 17.6 Å². The molecule has 0 bridgehead atoms. The summed E-state index contributed by atoms with van der Waals surface area (Å²) >= 11 is 0. The lowest BCUT2D eigenvalue weighted by Crippen LogP contribution is -2.18. The van der Waals surface area contributed by atoms with Crippen molar-refractivity contribution >= 4 is 21.4 Å². The molecule has 0 unspecified atom stereocenters. The molecule has 0 atom stereocenters. The molecule has 1 aromatic rings. The van der Waals surface area contributed by atoms with Crippen LogP contribution in [-0.4, -0.2) is 25.6 Å². The summed E-state index contributed by atoms with van der Waals surface area (Å²) in [5.41, 5.74) is 1.48. The van der Waals surface area contributed by atoms with Crippen molar-refractivity contribution in [3.63, 3.8) is 0 Å². The lowest BCUT2D eigenvalue weighted by atomic mass is 10.2. The van der Waals surface area contributed by atoms with E-state index in [4.69, 9.17) is 5.14 Å². The zero-order valence-electron chi connectivity index (χ0n) is 9.92. The highest BCUT2D eigenvalue weighted by Gasteiger charge is 2.08. The number of nitrogens with one attached hydrogen (secondary N) is 1. The van der Waals surface area contributed by atoms with Crippen molar-refractivity contribution in [3.05, 3.63) is 33.9 Å². The molecule has 8 heteroatoms. The molecule has 1 rings (SSSR count). The van der Waals surface area contributed by atoms with Gasteiger partial charge in [0.25, 0.3) is 5.69 Å². The topological polar surface area (TPSA) is 115 Å². The maximum atomic E-state index is 10.7. The molecule has 0 heterocycles. The lowest BCUT2D eigenvalue weighted by molar-refractivity contribution is -0.384. The van der Waals surface area contributed by atoms with Crippen molar-refractivity contribution in [1.29, 1.82) is 0 Å². The van der Waals surface area contributed by atoms with Gasteiger partial charge in [0.15, 0.2) is 0 Å². The molecule has 0 aliphatic carbocycles. The number of nitrogens with zero attached hydrogens (tertiary/aromatic N) is 1. The van der Waals surface area contributed by atoms with Gasteiger partial charge in [0.05, 0.1) is 10.7 Å². The van der Waals surface area contributed by atoms with Gasteiger partial charge in [0.1, 0.15) is 0 Å². The molecule has 0 aromatic heterocycles. The lowest BCUT2D eigenvalue weighted by Gasteiger charge is -2.08. The Morgan fingerprint density at radius 3 is 2.67 bits per heavy atom. The Morgan fingerprint density at radius 1 is 1.44 bits per heavy atom. The third kappa shape index (κ3) is 4.68. The summed E-state index contributed by atoms with van der Waals surface area (Å²) in [4.78, 5) is 10.1. The first-order valence-corrected chi connectivity index (χ1v) is 7.00. The smallest absolute Gasteiger partial charge is 0.271 e. The summed E-state index contributed by atoms with van der Waals surface area (Å²) < 4.78 is 21.4. The maximum absolute atomic E-state index is 10.7. The van der Waals surface area contributed by atoms with Crippen molar-refractivity contribution < 1.29 is 13.3 Å². The minimum Gasteiger partial charge on any atom is -0.385 e. The van der Waals surface area contributed by atoms with Gasteiger partial charge in [-0.05, 0) is 18.9 Å². The highest BCUT2D eigenvalue weighted by molar-refractivity contribution is 7.89. The van der Waals surface area contributed by atoms with Crippen LogP contribution in [0.3, 0.4) is 0 Å². The molecule has 18 heavy (non-hydrogen) atoms. The first-order chi connectivity index (χ1) is 8.29. The van der Waals surface area contributed by atoms with E-state index in [1.54, 1.807) is 6.07 Å². The number of aryl methyl sites for hydroxylation is 1. The standard InChI is InChI=1S/C10H15N3O4S/c1-8-3-4-9(13(14)15)7-10(8)12-5-2-6-18(11,16)17/h3-4,7,12H,2,5-6H2,1H3,(H2,11,16,17). The minimum atomic E-state index is -3.46. The predicted octanol–water partition coefficient (Wildman–Crippen LogP) is 0.994. The first-order valence-electron chi connectivity index (χ1n) is 5.29. The quantitative estimate of drug-likeness (QED) is 0.455. The average Bonchev–Trinajstić information content (AvgIpc) is 2.24. The number of anilines is 1. The Morgan fingerprint density at radius 2 is 2.11 bits per heavy atom. The molecule has 0 aliphatic heterocycles. The number of hydrogen-bond acceptors (Lipinski definition) is 5.